The van der Waals surface area contributed by atoms with E-state index in [9.17, 15) is 22.8 Å². The first-order chi connectivity index (χ1) is 19.7. The molecule has 0 aliphatic carbocycles. The van der Waals surface area contributed by atoms with Gasteiger partial charge in [-0.2, -0.15) is 18.4 Å². The van der Waals surface area contributed by atoms with Crippen LogP contribution in [0, 0.1) is 23.2 Å². The summed E-state index contributed by atoms with van der Waals surface area (Å²) in [6.45, 7) is 4.73. The topological polar surface area (TPSA) is 114 Å². The van der Waals surface area contributed by atoms with Gasteiger partial charge in [-0.15, -0.1) is 0 Å². The number of aromatic nitrogens is 1. The van der Waals surface area contributed by atoms with Gasteiger partial charge in [0.1, 0.15) is 24.2 Å². The molecule has 2 N–H and O–H groups in total. The number of nitrogens with one attached hydrogen (secondary N) is 2. The number of alkyl halides is 3. The Bertz CT molecular complexity index is 1290. The van der Waals surface area contributed by atoms with Crippen LogP contribution >= 0.6 is 0 Å². The van der Waals surface area contributed by atoms with Gasteiger partial charge in [-0.3, -0.25) is 19.9 Å². The van der Waals surface area contributed by atoms with Crippen LogP contribution in [0.15, 0.2) is 42.6 Å². The molecule has 5 rings (SSSR count). The van der Waals surface area contributed by atoms with Crippen LogP contribution in [0.1, 0.15) is 29.3 Å². The minimum Gasteiger partial charge on any atom is -0.492 e. The quantitative estimate of drug-likeness (QED) is 0.543. The van der Waals surface area contributed by atoms with Crippen molar-refractivity contribution in [2.24, 2.45) is 11.8 Å². The fourth-order valence-corrected chi connectivity index (χ4v) is 5.86. The highest BCUT2D eigenvalue weighted by Gasteiger charge is 2.55. The third-order valence-electron chi connectivity index (χ3n) is 8.16. The van der Waals surface area contributed by atoms with Gasteiger partial charge in [-0.25, -0.2) is 10.4 Å². The largest absolute Gasteiger partial charge is 0.492 e. The molecule has 10 nitrogen and oxygen atoms in total. The third-order valence-corrected chi connectivity index (χ3v) is 8.16. The van der Waals surface area contributed by atoms with E-state index < -0.39 is 24.0 Å². The maximum Gasteiger partial charge on any atom is 0.402 e. The average molecular weight is 572 g/mol. The summed E-state index contributed by atoms with van der Waals surface area (Å²) in [6.07, 6.45) is -2.44. The summed E-state index contributed by atoms with van der Waals surface area (Å²) < 4.78 is 47.4. The van der Waals surface area contributed by atoms with E-state index in [1.807, 2.05) is 13.0 Å². The molecule has 3 aliphatic heterocycles. The van der Waals surface area contributed by atoms with E-state index in [0.717, 1.165) is 5.82 Å². The summed E-state index contributed by atoms with van der Waals surface area (Å²) in [5.74, 6) is -2.04. The molecule has 0 radical (unpaired) electrons. The van der Waals surface area contributed by atoms with Gasteiger partial charge in [-0.05, 0) is 49.2 Å². The van der Waals surface area contributed by atoms with Gasteiger partial charge in [-0.1, -0.05) is 13.0 Å². The molecule has 4 atom stereocenters. The van der Waals surface area contributed by atoms with E-state index in [2.05, 4.69) is 20.7 Å². The Hall–Kier alpha value is -3.89. The summed E-state index contributed by atoms with van der Waals surface area (Å²) in [7, 11) is 0. The molecule has 41 heavy (non-hydrogen) atoms. The molecule has 2 amide bonds. The van der Waals surface area contributed by atoms with Gasteiger partial charge in [0.25, 0.3) is 5.91 Å². The molecular formula is C28H32F3N7O3. The van der Waals surface area contributed by atoms with Crippen molar-refractivity contribution in [3.05, 3.63) is 53.7 Å². The zero-order chi connectivity index (χ0) is 29.1. The number of ether oxygens (including phenoxy) is 1. The van der Waals surface area contributed by atoms with E-state index >= 15 is 0 Å². The molecule has 3 aliphatic rings. The standard InChI is InChI=1S/C28H32F3N7O3/c1-18-7-8-38(22-16-34-35-26(39)25(22)28(29,30)31)23(18)17-41-21-4-2-3-20(13-21)27(40)37-11-9-36(10-12-37)24-6-5-19(14-32)15-33-24/h2-6,13,15,18,22-23,25,34H,7-12,16-17H2,1H3,(H,35,39)/t18-,22?,23-,25?/m0/s1. The first-order valence-corrected chi connectivity index (χ1v) is 13.6. The minimum atomic E-state index is -4.66. The monoisotopic (exact) mass is 571 g/mol. The maximum atomic E-state index is 13.8. The number of carbonyl (C=O) groups is 2. The fourth-order valence-electron chi connectivity index (χ4n) is 5.86. The first kappa shape index (κ1) is 28.6. The zero-order valence-corrected chi connectivity index (χ0v) is 22.6. The number of benzene rings is 1. The number of rotatable bonds is 6. The lowest BCUT2D eigenvalue weighted by Crippen LogP contribution is -2.65. The predicted octanol–water partition coefficient (Wildman–Crippen LogP) is 2.19. The van der Waals surface area contributed by atoms with Gasteiger partial charge in [0, 0.05) is 56.6 Å². The number of nitrogens with zero attached hydrogens (tertiary/aromatic N) is 5. The van der Waals surface area contributed by atoms with Crippen LogP contribution in [-0.4, -0.2) is 90.7 Å². The molecule has 4 heterocycles. The molecular weight excluding hydrogens is 539 g/mol. The first-order valence-electron chi connectivity index (χ1n) is 13.6. The van der Waals surface area contributed by atoms with Gasteiger partial charge < -0.3 is 14.5 Å². The highest BCUT2D eigenvalue weighted by Crippen LogP contribution is 2.37. The number of likely N-dealkylation sites (tertiary alicyclic amines) is 1. The summed E-state index contributed by atoms with van der Waals surface area (Å²) in [6, 6.07) is 11.0. The third kappa shape index (κ3) is 6.23. The molecule has 3 fully saturated rings. The molecule has 0 spiro atoms. The summed E-state index contributed by atoms with van der Waals surface area (Å²) in [5, 5.41) is 8.96. The van der Waals surface area contributed by atoms with Gasteiger partial charge >= 0.3 is 6.18 Å². The van der Waals surface area contributed by atoms with Crippen LogP contribution in [0.4, 0.5) is 19.0 Å². The van der Waals surface area contributed by atoms with E-state index in [0.29, 0.717) is 56.0 Å². The van der Waals surface area contributed by atoms with Crippen molar-refractivity contribution in [1.82, 2.24) is 25.6 Å². The fraction of sp³-hybridized carbons (Fsp3) is 0.500. The van der Waals surface area contributed by atoms with E-state index in [-0.39, 0.29) is 31.0 Å². The molecule has 2 unspecified atom stereocenters. The molecule has 13 heteroatoms. The second kappa shape index (κ2) is 11.9. The van der Waals surface area contributed by atoms with Crippen molar-refractivity contribution in [3.8, 4) is 11.8 Å². The van der Waals surface area contributed by atoms with Crippen LogP contribution in [0.25, 0.3) is 0 Å². The van der Waals surface area contributed by atoms with Crippen molar-refractivity contribution in [1.29, 1.82) is 5.26 Å². The normalized spacial score (nSPS) is 25.5. The maximum absolute atomic E-state index is 13.8. The average Bonchev–Trinajstić information content (AvgIpc) is 3.35. The molecule has 0 saturated carbocycles. The Labute approximate surface area is 236 Å². The van der Waals surface area contributed by atoms with E-state index in [4.69, 9.17) is 10.00 Å². The Morgan fingerprint density at radius 2 is 1.95 bits per heavy atom. The number of pyridine rings is 1. The Morgan fingerprint density at radius 3 is 2.63 bits per heavy atom. The lowest BCUT2D eigenvalue weighted by atomic mass is 9.93. The predicted molar refractivity (Wildman–Crippen MR) is 143 cm³/mol. The summed E-state index contributed by atoms with van der Waals surface area (Å²) >= 11 is 0. The number of hydrazine groups is 1. The number of hydrogen-bond acceptors (Lipinski definition) is 8. The van der Waals surface area contributed by atoms with Gasteiger partial charge in [0.05, 0.1) is 5.56 Å². The number of hydrogen-bond donors (Lipinski definition) is 2. The van der Waals surface area contributed by atoms with E-state index in [1.165, 1.54) is 6.20 Å². The number of nitriles is 1. The number of carbonyl (C=O) groups excluding carboxylic acids is 2. The molecule has 1 aromatic carbocycles. The lowest BCUT2D eigenvalue weighted by Gasteiger charge is -2.41. The summed E-state index contributed by atoms with van der Waals surface area (Å²) in [4.78, 5) is 35.3. The number of amides is 2. The zero-order valence-electron chi connectivity index (χ0n) is 22.6. The second-order valence-corrected chi connectivity index (χ2v) is 10.7. The molecule has 0 bridgehead atoms. The Kier molecular flexibility index (Phi) is 8.32. The highest BCUT2D eigenvalue weighted by atomic mass is 19.4. The molecule has 1 aromatic heterocycles. The van der Waals surface area contributed by atoms with Crippen molar-refractivity contribution >= 4 is 17.6 Å². The van der Waals surface area contributed by atoms with Crippen molar-refractivity contribution in [2.45, 2.75) is 31.6 Å². The number of piperazine rings is 1. The Morgan fingerprint density at radius 1 is 1.17 bits per heavy atom. The number of halogens is 3. The molecule has 2 aromatic rings. The molecule has 3 saturated heterocycles. The van der Waals surface area contributed by atoms with Crippen LogP contribution in [0.2, 0.25) is 0 Å². The SMILES string of the molecule is C[C@H]1CCN(C2CNNC(=O)C2C(F)(F)F)[C@H]1COc1cccc(C(=O)N2CCN(c3ccc(C#N)cn3)CC2)c1. The van der Waals surface area contributed by atoms with Gasteiger partial charge in [0.2, 0.25) is 5.91 Å². The van der Waals surface area contributed by atoms with Crippen molar-refractivity contribution in [2.75, 3.05) is 50.8 Å². The highest BCUT2D eigenvalue weighted by molar-refractivity contribution is 5.94. The van der Waals surface area contributed by atoms with Gasteiger partial charge in [0.15, 0.2) is 5.92 Å². The summed E-state index contributed by atoms with van der Waals surface area (Å²) in [5.41, 5.74) is 5.67. The lowest BCUT2D eigenvalue weighted by molar-refractivity contribution is -0.201. The number of anilines is 1. The Balaban J connectivity index is 1.20. The smallest absolute Gasteiger partial charge is 0.402 e. The molecule has 218 valence electrons. The minimum absolute atomic E-state index is 0.0162. The van der Waals surface area contributed by atoms with Crippen molar-refractivity contribution in [3.63, 3.8) is 0 Å². The van der Waals surface area contributed by atoms with Crippen LogP contribution < -0.4 is 20.5 Å². The van der Waals surface area contributed by atoms with Crippen LogP contribution in [0.3, 0.4) is 0 Å². The van der Waals surface area contributed by atoms with Crippen molar-refractivity contribution < 1.29 is 27.5 Å². The second-order valence-electron chi connectivity index (χ2n) is 10.7. The van der Waals surface area contributed by atoms with Crippen LogP contribution in [0.5, 0.6) is 5.75 Å². The van der Waals surface area contributed by atoms with E-state index in [1.54, 1.807) is 46.2 Å². The van der Waals surface area contributed by atoms with Crippen LogP contribution in [-0.2, 0) is 4.79 Å².